The van der Waals surface area contributed by atoms with Gasteiger partial charge >= 0.3 is 12.1 Å². The van der Waals surface area contributed by atoms with Gasteiger partial charge in [0.25, 0.3) is 0 Å². The van der Waals surface area contributed by atoms with Gasteiger partial charge in [0, 0.05) is 0 Å². The summed E-state index contributed by atoms with van der Waals surface area (Å²) < 4.78 is 47.3. The van der Waals surface area contributed by atoms with E-state index in [9.17, 15) is 18.0 Å². The molecule has 0 aromatic heterocycles. The second kappa shape index (κ2) is 8.86. The number of rotatable bonds is 6. The van der Waals surface area contributed by atoms with Gasteiger partial charge < -0.3 is 15.2 Å². The van der Waals surface area contributed by atoms with E-state index in [0.717, 1.165) is 12.1 Å². The van der Waals surface area contributed by atoms with Crippen LogP contribution in [0.5, 0.6) is 0 Å². The van der Waals surface area contributed by atoms with E-state index >= 15 is 0 Å². The average molecular weight is 328 g/mol. The zero-order valence-corrected chi connectivity index (χ0v) is 12.2. The summed E-state index contributed by atoms with van der Waals surface area (Å²) in [6.45, 7) is 1.68. The van der Waals surface area contributed by atoms with Crippen molar-refractivity contribution in [1.29, 1.82) is 0 Å². The molecule has 120 valence electrons. The quantitative estimate of drug-likeness (QED) is 0.816. The van der Waals surface area contributed by atoms with E-state index in [1.54, 1.807) is 6.92 Å². The molecular weight excluding hydrogens is 311 g/mol. The first kappa shape index (κ1) is 19.7. The predicted octanol–water partition coefficient (Wildman–Crippen LogP) is 2.53. The van der Waals surface area contributed by atoms with Gasteiger partial charge in [-0.25, -0.2) is 0 Å². The largest absolute Gasteiger partial charge is 0.465 e. The lowest BCUT2D eigenvalue weighted by Gasteiger charge is -2.12. The standard InChI is InChI=1S/C13H16F3NO3.ClH/c1-2-20-12(18)11(17)8-19-7-9-4-3-5-10(6-9)13(14,15)16;/h3-6,11H,2,7-8,17H2,1H3;1H. The summed E-state index contributed by atoms with van der Waals surface area (Å²) in [5.74, 6) is -0.600. The minimum Gasteiger partial charge on any atom is -0.465 e. The Hall–Kier alpha value is -1.31. The zero-order chi connectivity index (χ0) is 15.2. The van der Waals surface area contributed by atoms with Crippen molar-refractivity contribution in [3.05, 3.63) is 35.4 Å². The van der Waals surface area contributed by atoms with Crippen LogP contribution in [0.1, 0.15) is 18.1 Å². The molecule has 4 nitrogen and oxygen atoms in total. The maximum Gasteiger partial charge on any atom is 0.416 e. The van der Waals surface area contributed by atoms with Crippen molar-refractivity contribution in [3.8, 4) is 0 Å². The highest BCUT2D eigenvalue weighted by Gasteiger charge is 2.30. The molecule has 1 aromatic rings. The molecule has 8 heteroatoms. The molecule has 2 N–H and O–H groups in total. The van der Waals surface area contributed by atoms with E-state index in [1.807, 2.05) is 0 Å². The molecule has 1 atom stereocenters. The lowest BCUT2D eigenvalue weighted by Crippen LogP contribution is -2.36. The molecule has 0 saturated carbocycles. The number of hydrogen-bond acceptors (Lipinski definition) is 4. The maximum absolute atomic E-state index is 12.5. The summed E-state index contributed by atoms with van der Waals surface area (Å²) in [5, 5.41) is 0. The molecule has 0 aliphatic rings. The highest BCUT2D eigenvalue weighted by Crippen LogP contribution is 2.29. The summed E-state index contributed by atoms with van der Waals surface area (Å²) in [6, 6.07) is 3.84. The van der Waals surface area contributed by atoms with Gasteiger partial charge in [0.05, 0.1) is 25.4 Å². The lowest BCUT2D eigenvalue weighted by molar-refractivity contribution is -0.146. The number of alkyl halides is 3. The molecule has 1 unspecified atom stereocenters. The fraction of sp³-hybridized carbons (Fsp3) is 0.462. The van der Waals surface area contributed by atoms with Crippen LogP contribution in [0, 0.1) is 0 Å². The highest BCUT2D eigenvalue weighted by molar-refractivity contribution is 5.85. The molecule has 0 fully saturated rings. The van der Waals surface area contributed by atoms with Crippen LogP contribution in [0.4, 0.5) is 13.2 Å². The number of ether oxygens (including phenoxy) is 2. The third-order valence-electron chi connectivity index (χ3n) is 2.41. The van der Waals surface area contributed by atoms with Gasteiger partial charge in [0.2, 0.25) is 0 Å². The van der Waals surface area contributed by atoms with Gasteiger partial charge in [-0.15, -0.1) is 12.4 Å². The Morgan fingerprint density at radius 3 is 2.62 bits per heavy atom. The molecule has 1 rings (SSSR count). The van der Waals surface area contributed by atoms with Crippen molar-refractivity contribution in [2.75, 3.05) is 13.2 Å². The van der Waals surface area contributed by atoms with Crippen molar-refractivity contribution < 1.29 is 27.4 Å². The van der Waals surface area contributed by atoms with Crippen molar-refractivity contribution >= 4 is 18.4 Å². The number of carbonyl (C=O) groups excluding carboxylic acids is 1. The Balaban J connectivity index is 0.00000400. The van der Waals surface area contributed by atoms with Crippen LogP contribution >= 0.6 is 12.4 Å². The molecule has 0 heterocycles. The number of hydrogen-bond donors (Lipinski definition) is 1. The number of nitrogens with two attached hydrogens (primary N) is 1. The van der Waals surface area contributed by atoms with Gasteiger partial charge in [-0.05, 0) is 24.6 Å². The molecule has 21 heavy (non-hydrogen) atoms. The maximum atomic E-state index is 12.5. The van der Waals surface area contributed by atoms with Crippen LogP contribution in [0.3, 0.4) is 0 Å². The van der Waals surface area contributed by atoms with Crippen molar-refractivity contribution in [2.24, 2.45) is 5.73 Å². The Bertz CT molecular complexity index is 455. The molecule has 1 aromatic carbocycles. The Kier molecular flexibility index (Phi) is 8.31. The summed E-state index contributed by atoms with van der Waals surface area (Å²) in [6.07, 6.45) is -4.39. The van der Waals surface area contributed by atoms with Crippen LogP contribution in [0.15, 0.2) is 24.3 Å². The van der Waals surface area contributed by atoms with E-state index in [2.05, 4.69) is 4.74 Å². The normalized spacial score (nSPS) is 12.4. The van der Waals surface area contributed by atoms with E-state index in [0.29, 0.717) is 5.56 Å². The molecule has 0 saturated heterocycles. The minimum absolute atomic E-state index is 0. The zero-order valence-electron chi connectivity index (χ0n) is 11.4. The Morgan fingerprint density at radius 1 is 1.38 bits per heavy atom. The molecule has 0 aliphatic carbocycles. The predicted molar refractivity (Wildman–Crippen MR) is 73.0 cm³/mol. The van der Waals surface area contributed by atoms with Crippen LogP contribution < -0.4 is 5.73 Å². The topological polar surface area (TPSA) is 61.5 Å². The van der Waals surface area contributed by atoms with Crippen LogP contribution in [0.25, 0.3) is 0 Å². The first-order valence-electron chi connectivity index (χ1n) is 6.00. The van der Waals surface area contributed by atoms with E-state index < -0.39 is 23.8 Å². The Morgan fingerprint density at radius 2 is 2.05 bits per heavy atom. The highest BCUT2D eigenvalue weighted by atomic mass is 35.5. The summed E-state index contributed by atoms with van der Waals surface area (Å²) in [4.78, 5) is 11.2. The smallest absolute Gasteiger partial charge is 0.416 e. The van der Waals surface area contributed by atoms with E-state index in [1.165, 1.54) is 12.1 Å². The summed E-state index contributed by atoms with van der Waals surface area (Å²) in [5.41, 5.74) is 5.10. The number of halogens is 4. The molecule has 0 amide bonds. The molecule has 0 radical (unpaired) electrons. The first-order chi connectivity index (χ1) is 9.34. The van der Waals surface area contributed by atoms with Crippen molar-refractivity contribution in [1.82, 2.24) is 0 Å². The molecule has 0 bridgehead atoms. The third kappa shape index (κ3) is 6.79. The van der Waals surface area contributed by atoms with E-state index in [4.69, 9.17) is 10.5 Å². The number of benzene rings is 1. The first-order valence-corrected chi connectivity index (χ1v) is 6.00. The van der Waals surface area contributed by atoms with Gasteiger partial charge in [-0.2, -0.15) is 13.2 Å². The van der Waals surface area contributed by atoms with Crippen molar-refractivity contribution in [3.63, 3.8) is 0 Å². The van der Waals surface area contributed by atoms with Gasteiger partial charge in [-0.3, -0.25) is 4.79 Å². The fourth-order valence-electron chi connectivity index (χ4n) is 1.46. The molecular formula is C13H17ClF3NO3. The molecule has 0 spiro atoms. The van der Waals surface area contributed by atoms with Crippen LogP contribution in [0.2, 0.25) is 0 Å². The van der Waals surface area contributed by atoms with Gasteiger partial charge in [-0.1, -0.05) is 12.1 Å². The number of carbonyl (C=O) groups is 1. The lowest BCUT2D eigenvalue weighted by atomic mass is 10.1. The summed E-state index contributed by atoms with van der Waals surface area (Å²) >= 11 is 0. The monoisotopic (exact) mass is 327 g/mol. The SMILES string of the molecule is CCOC(=O)C(N)COCc1cccc(C(F)(F)F)c1.Cl. The third-order valence-corrected chi connectivity index (χ3v) is 2.41. The van der Waals surface area contributed by atoms with Crippen LogP contribution in [-0.4, -0.2) is 25.2 Å². The van der Waals surface area contributed by atoms with Crippen LogP contribution in [-0.2, 0) is 27.1 Å². The van der Waals surface area contributed by atoms with Gasteiger partial charge in [0.1, 0.15) is 6.04 Å². The summed E-state index contributed by atoms with van der Waals surface area (Å²) in [7, 11) is 0. The second-order valence-electron chi connectivity index (χ2n) is 4.07. The fourth-order valence-corrected chi connectivity index (χ4v) is 1.46. The minimum atomic E-state index is -4.39. The van der Waals surface area contributed by atoms with Gasteiger partial charge in [0.15, 0.2) is 0 Å². The van der Waals surface area contributed by atoms with E-state index in [-0.39, 0.29) is 32.2 Å². The molecule has 0 aliphatic heterocycles. The second-order valence-corrected chi connectivity index (χ2v) is 4.07. The number of esters is 1. The average Bonchev–Trinajstić information content (AvgIpc) is 2.38. The van der Waals surface area contributed by atoms with Crippen molar-refractivity contribution in [2.45, 2.75) is 25.7 Å². The Labute approximate surface area is 126 Å².